The first-order valence-electron chi connectivity index (χ1n) is 6.06. The molecule has 94 valence electrons. The summed E-state index contributed by atoms with van der Waals surface area (Å²) in [6, 6.07) is 9.50. The number of hydrogen-bond donors (Lipinski definition) is 2. The summed E-state index contributed by atoms with van der Waals surface area (Å²) in [5.74, 6) is -0.809. The normalized spacial score (nSPS) is 17.6. The Morgan fingerprint density at radius 3 is 2.39 bits per heavy atom. The van der Waals surface area contributed by atoms with Crippen LogP contribution in [0.25, 0.3) is 0 Å². The summed E-state index contributed by atoms with van der Waals surface area (Å²) in [6.45, 7) is 1.72. The molecule has 0 saturated carbocycles. The molecule has 1 heterocycles. The Kier molecular flexibility index (Phi) is 6.71. The van der Waals surface area contributed by atoms with Crippen molar-refractivity contribution in [1.82, 2.24) is 4.90 Å². The Bertz CT molecular complexity index is 372. The van der Waals surface area contributed by atoms with Gasteiger partial charge in [0.1, 0.15) is 0 Å². The monoisotopic (exact) mass is 258 g/mol. The average Bonchev–Trinajstić information content (AvgIpc) is 2.38. The summed E-state index contributed by atoms with van der Waals surface area (Å²) in [4.78, 5) is 13.3. The van der Waals surface area contributed by atoms with Crippen LogP contribution in [0.15, 0.2) is 30.3 Å². The summed E-state index contributed by atoms with van der Waals surface area (Å²) in [5.41, 5.74) is 0.852. The van der Waals surface area contributed by atoms with Gasteiger partial charge in [0.2, 0.25) is 0 Å². The molecular weight excluding hydrogens is 239 g/mol. The molecule has 1 atom stereocenters. The fourth-order valence-corrected chi connectivity index (χ4v) is 2.18. The Morgan fingerprint density at radius 1 is 1.22 bits per heavy atom. The van der Waals surface area contributed by atoms with Crippen LogP contribution in [-0.4, -0.2) is 35.2 Å². The van der Waals surface area contributed by atoms with E-state index in [9.17, 15) is 9.90 Å². The largest absolute Gasteiger partial charge is 1.00 e. The molecule has 18 heavy (non-hydrogen) atoms. The van der Waals surface area contributed by atoms with Crippen molar-refractivity contribution in [3.05, 3.63) is 30.3 Å². The van der Waals surface area contributed by atoms with E-state index < -0.39 is 12.1 Å². The molecule has 0 bridgehead atoms. The van der Waals surface area contributed by atoms with Gasteiger partial charge in [0.05, 0.1) is 0 Å². The second-order valence-electron chi connectivity index (χ2n) is 4.35. The molecule has 0 radical (unpaired) electrons. The van der Waals surface area contributed by atoms with E-state index in [0.717, 1.165) is 31.6 Å². The summed E-state index contributed by atoms with van der Waals surface area (Å²) >= 11 is 0. The van der Waals surface area contributed by atoms with E-state index in [4.69, 9.17) is 0 Å². The van der Waals surface area contributed by atoms with Crippen molar-refractivity contribution < 1.29 is 40.9 Å². The molecule has 1 fully saturated rings. The Balaban J connectivity index is 0.00000162. The molecule has 1 aromatic carbocycles. The van der Waals surface area contributed by atoms with Gasteiger partial charge in [0.25, 0.3) is 0 Å². The Hall–Kier alpha value is -0.550. The van der Waals surface area contributed by atoms with Crippen molar-refractivity contribution >= 4 is 11.7 Å². The molecule has 2 rings (SSSR count). The average molecular weight is 258 g/mol. The van der Waals surface area contributed by atoms with Crippen LogP contribution < -0.4 is 34.9 Å². The van der Waals surface area contributed by atoms with Gasteiger partial charge in [-0.1, -0.05) is 24.6 Å². The third-order valence-electron chi connectivity index (χ3n) is 3.07. The van der Waals surface area contributed by atoms with Crippen LogP contribution in [0.2, 0.25) is 0 Å². The Labute approximate surface area is 131 Å². The maximum Gasteiger partial charge on any atom is 1.00 e. The molecule has 5 heteroatoms. The number of para-hydroxylation sites is 1. The van der Waals surface area contributed by atoms with E-state index >= 15 is 0 Å². The molecule has 0 amide bonds. The van der Waals surface area contributed by atoms with Crippen LogP contribution in [0, 0.1) is 0 Å². The number of benzene rings is 1. The van der Waals surface area contributed by atoms with Gasteiger partial charge in [-0.2, -0.15) is 0 Å². The number of hydrogen-bond acceptors (Lipinski definition) is 3. The second kappa shape index (κ2) is 7.79. The molecule has 2 N–H and O–H groups in total. The minimum absolute atomic E-state index is 0. The van der Waals surface area contributed by atoms with E-state index in [1.54, 1.807) is 0 Å². The van der Waals surface area contributed by atoms with Gasteiger partial charge < -0.3 is 11.8 Å². The molecule has 1 aromatic rings. The van der Waals surface area contributed by atoms with E-state index in [1.807, 2.05) is 35.2 Å². The Morgan fingerprint density at radius 2 is 1.83 bits per heavy atom. The predicted octanol–water partition coefficient (Wildman–Crippen LogP) is -0.888. The molecule has 1 aliphatic heterocycles. The fourth-order valence-electron chi connectivity index (χ4n) is 2.18. The summed E-state index contributed by atoms with van der Waals surface area (Å²) in [7, 11) is 0. The predicted molar refractivity (Wildman–Crippen MR) is 68.0 cm³/mol. The van der Waals surface area contributed by atoms with Gasteiger partial charge in [-0.3, -0.25) is 4.90 Å². The van der Waals surface area contributed by atoms with E-state index in [2.05, 4.69) is 5.32 Å². The first-order chi connectivity index (χ1) is 8.27. The topological polar surface area (TPSA) is 52.6 Å². The molecule has 4 nitrogen and oxygen atoms in total. The molecule has 0 aromatic heterocycles. The van der Waals surface area contributed by atoms with Crippen molar-refractivity contribution in [3.63, 3.8) is 0 Å². The van der Waals surface area contributed by atoms with E-state index in [0.29, 0.717) is 0 Å². The van der Waals surface area contributed by atoms with Crippen LogP contribution in [0.5, 0.6) is 0 Å². The zero-order chi connectivity index (χ0) is 12.1. The third kappa shape index (κ3) is 4.28. The van der Waals surface area contributed by atoms with Crippen LogP contribution >= 0.6 is 0 Å². The molecular formula is C13H19N2NaO2. The maximum atomic E-state index is 11.3. The number of carboxylic acid groups (broad SMARTS) is 1. The van der Waals surface area contributed by atoms with Gasteiger partial charge >= 0.3 is 35.5 Å². The van der Waals surface area contributed by atoms with Gasteiger partial charge in [-0.25, -0.2) is 4.79 Å². The summed E-state index contributed by atoms with van der Waals surface area (Å²) < 4.78 is 0. The third-order valence-corrected chi connectivity index (χ3v) is 3.07. The van der Waals surface area contributed by atoms with Crippen LogP contribution in [0.4, 0.5) is 5.69 Å². The summed E-state index contributed by atoms with van der Waals surface area (Å²) in [5, 5.41) is 12.4. The van der Waals surface area contributed by atoms with Crippen LogP contribution in [0.1, 0.15) is 20.7 Å². The van der Waals surface area contributed by atoms with E-state index in [1.165, 1.54) is 6.42 Å². The van der Waals surface area contributed by atoms with Crippen molar-refractivity contribution in [1.29, 1.82) is 0 Å². The first kappa shape index (κ1) is 15.5. The number of piperidine rings is 1. The van der Waals surface area contributed by atoms with Crippen LogP contribution in [-0.2, 0) is 4.79 Å². The van der Waals surface area contributed by atoms with Gasteiger partial charge in [-0.15, -0.1) is 0 Å². The number of carboxylic acids is 1. The fraction of sp³-hybridized carbons (Fsp3) is 0.462. The minimum atomic E-state index is -0.809. The standard InChI is InChI=1S/C13H18N2O2.Na.H/c16-13(17)12(15-9-5-2-6-10-15)14-11-7-3-1-4-8-11;;/h1,3-4,7-8,12,14H,2,5-6,9-10H2,(H,16,17);;/q;+1;-1. The number of rotatable bonds is 4. The number of aliphatic carboxylic acids is 1. The summed E-state index contributed by atoms with van der Waals surface area (Å²) in [6.07, 6.45) is 2.76. The molecule has 1 saturated heterocycles. The number of nitrogens with zero attached hydrogens (tertiary/aromatic N) is 1. The van der Waals surface area contributed by atoms with Crippen molar-refractivity contribution in [2.45, 2.75) is 25.4 Å². The quantitative estimate of drug-likeness (QED) is 0.688. The zero-order valence-corrected chi connectivity index (χ0v) is 12.8. The van der Waals surface area contributed by atoms with Gasteiger partial charge in [-0.05, 0) is 25.0 Å². The molecule has 1 unspecified atom stereocenters. The number of likely N-dealkylation sites (tertiary alicyclic amines) is 1. The van der Waals surface area contributed by atoms with Gasteiger partial charge in [0.15, 0.2) is 6.17 Å². The molecule has 0 aliphatic carbocycles. The number of anilines is 1. The number of nitrogens with one attached hydrogen (secondary N) is 1. The number of carbonyl (C=O) groups is 1. The smallest absolute Gasteiger partial charge is 1.00 e. The maximum absolute atomic E-state index is 11.3. The van der Waals surface area contributed by atoms with Crippen molar-refractivity contribution in [3.8, 4) is 0 Å². The minimum Gasteiger partial charge on any atom is -1.00 e. The van der Waals surface area contributed by atoms with Crippen molar-refractivity contribution in [2.75, 3.05) is 18.4 Å². The van der Waals surface area contributed by atoms with Crippen LogP contribution in [0.3, 0.4) is 0 Å². The molecule has 1 aliphatic rings. The zero-order valence-electron chi connectivity index (χ0n) is 11.8. The first-order valence-corrected chi connectivity index (χ1v) is 6.06. The van der Waals surface area contributed by atoms with Crippen molar-refractivity contribution in [2.24, 2.45) is 0 Å². The molecule has 0 spiro atoms. The van der Waals surface area contributed by atoms with Gasteiger partial charge in [0, 0.05) is 18.8 Å². The van der Waals surface area contributed by atoms with E-state index in [-0.39, 0.29) is 31.0 Å². The SMILES string of the molecule is O=C(O)C(Nc1ccccc1)N1CCCCC1.[H-].[Na+]. The second-order valence-corrected chi connectivity index (χ2v) is 4.35.